The molecule has 0 fully saturated rings. The smallest absolute Gasteiger partial charge is 0.160 e. The molecule has 3 heterocycles. The van der Waals surface area contributed by atoms with Gasteiger partial charge >= 0.3 is 0 Å². The number of fused-ring (bicyclic) bond motifs is 4. The van der Waals surface area contributed by atoms with Gasteiger partial charge < -0.3 is 0 Å². The van der Waals surface area contributed by atoms with E-state index in [1.807, 2.05) is 54.6 Å². The third kappa shape index (κ3) is 4.97. The molecule has 6 aromatic carbocycles. The second kappa shape index (κ2) is 11.7. The lowest BCUT2D eigenvalue weighted by atomic mass is 9.95. The molecule has 0 aliphatic carbocycles. The molecule has 48 heavy (non-hydrogen) atoms. The summed E-state index contributed by atoms with van der Waals surface area (Å²) < 4.78 is 0. The van der Waals surface area contributed by atoms with E-state index in [0.29, 0.717) is 5.82 Å². The molecule has 0 N–H and O–H groups in total. The normalized spacial score (nSPS) is 11.3. The van der Waals surface area contributed by atoms with Crippen LogP contribution in [0.5, 0.6) is 0 Å². The van der Waals surface area contributed by atoms with Crippen molar-refractivity contribution in [3.63, 3.8) is 0 Å². The first-order valence-corrected chi connectivity index (χ1v) is 16.1. The second-order valence-corrected chi connectivity index (χ2v) is 11.9. The third-order valence-electron chi connectivity index (χ3n) is 8.88. The molecule has 0 atom stereocenters. The molecule has 9 aromatic rings. The average Bonchev–Trinajstić information content (AvgIpc) is 3.17. The van der Waals surface area contributed by atoms with Crippen LogP contribution in [0.3, 0.4) is 0 Å². The van der Waals surface area contributed by atoms with E-state index in [1.54, 1.807) is 0 Å². The molecule has 4 nitrogen and oxygen atoms in total. The molecule has 0 unspecified atom stereocenters. The molecule has 0 aliphatic heterocycles. The van der Waals surface area contributed by atoms with E-state index < -0.39 is 0 Å². The van der Waals surface area contributed by atoms with Gasteiger partial charge in [0.25, 0.3) is 0 Å². The van der Waals surface area contributed by atoms with Gasteiger partial charge in [-0.25, -0.2) is 19.9 Å². The molecule has 0 bridgehead atoms. The van der Waals surface area contributed by atoms with Crippen LogP contribution in [0.15, 0.2) is 170 Å². The van der Waals surface area contributed by atoms with E-state index in [9.17, 15) is 0 Å². The number of aromatic nitrogens is 4. The van der Waals surface area contributed by atoms with Gasteiger partial charge in [0.1, 0.15) is 0 Å². The summed E-state index contributed by atoms with van der Waals surface area (Å²) >= 11 is 0. The van der Waals surface area contributed by atoms with Gasteiger partial charge in [-0.05, 0) is 23.8 Å². The molecule has 4 heteroatoms. The zero-order valence-electron chi connectivity index (χ0n) is 26.0. The molecule has 224 valence electrons. The van der Waals surface area contributed by atoms with Gasteiger partial charge in [0.15, 0.2) is 5.82 Å². The number of rotatable bonds is 5. The number of benzene rings is 6. The zero-order chi connectivity index (χ0) is 31.9. The first-order chi connectivity index (χ1) is 23.8. The Kier molecular flexibility index (Phi) is 6.76. The van der Waals surface area contributed by atoms with E-state index in [1.165, 1.54) is 11.1 Å². The van der Waals surface area contributed by atoms with Crippen molar-refractivity contribution < 1.29 is 0 Å². The molecular weight excluding hydrogens is 585 g/mol. The zero-order valence-corrected chi connectivity index (χ0v) is 26.0. The molecule has 0 aliphatic rings. The largest absolute Gasteiger partial charge is 0.245 e. The fraction of sp³-hybridized carbons (Fsp3) is 0. The van der Waals surface area contributed by atoms with E-state index in [-0.39, 0.29) is 0 Å². The lowest BCUT2D eigenvalue weighted by Gasteiger charge is -2.13. The summed E-state index contributed by atoms with van der Waals surface area (Å²) in [5.41, 5.74) is 11.9. The number of para-hydroxylation sites is 1. The van der Waals surface area contributed by atoms with Crippen LogP contribution in [0, 0.1) is 0 Å². The Balaban J connectivity index is 1.16. The fourth-order valence-electron chi connectivity index (χ4n) is 6.49. The standard InChI is InChI=1S/C44H28N4/c1-4-12-29(13-5-1)39-28-40(48-44(47-39)34-16-8-3-9-17-34)31-22-20-30(21-23-31)37-27-25-33-24-26-36-41(32-14-6-2-7-15-32)35-18-10-11-19-38(35)46-43(36)42(33)45-37/h1-28H. The summed E-state index contributed by atoms with van der Waals surface area (Å²) in [7, 11) is 0. The minimum Gasteiger partial charge on any atom is -0.245 e. The maximum absolute atomic E-state index is 5.24. The van der Waals surface area contributed by atoms with Crippen molar-refractivity contribution >= 4 is 32.7 Å². The molecular formula is C44H28N4. The Hall–Kier alpha value is -6.52. The Labute approximate surface area is 278 Å². The maximum Gasteiger partial charge on any atom is 0.160 e. The number of nitrogens with zero attached hydrogens (tertiary/aromatic N) is 4. The molecule has 0 spiro atoms. The average molecular weight is 613 g/mol. The van der Waals surface area contributed by atoms with Crippen LogP contribution in [0.2, 0.25) is 0 Å². The summed E-state index contributed by atoms with van der Waals surface area (Å²) in [6.07, 6.45) is 0. The Morgan fingerprint density at radius 1 is 0.312 bits per heavy atom. The molecule has 9 rings (SSSR count). The van der Waals surface area contributed by atoms with Gasteiger partial charge in [-0.15, -0.1) is 0 Å². The lowest BCUT2D eigenvalue weighted by Crippen LogP contribution is -1.96. The molecule has 0 saturated carbocycles. The summed E-state index contributed by atoms with van der Waals surface area (Å²) in [4.78, 5) is 20.3. The molecule has 0 radical (unpaired) electrons. The van der Waals surface area contributed by atoms with Crippen molar-refractivity contribution in [1.82, 2.24) is 19.9 Å². The van der Waals surface area contributed by atoms with E-state index >= 15 is 0 Å². The van der Waals surface area contributed by atoms with Crippen LogP contribution in [0.1, 0.15) is 0 Å². The quantitative estimate of drug-likeness (QED) is 0.143. The highest BCUT2D eigenvalue weighted by atomic mass is 14.9. The van der Waals surface area contributed by atoms with Gasteiger partial charge in [-0.2, -0.15) is 0 Å². The minimum absolute atomic E-state index is 0.703. The highest BCUT2D eigenvalue weighted by molar-refractivity contribution is 6.16. The van der Waals surface area contributed by atoms with Crippen LogP contribution in [0.4, 0.5) is 0 Å². The lowest BCUT2D eigenvalue weighted by molar-refractivity contribution is 1.18. The first kappa shape index (κ1) is 27.8. The minimum atomic E-state index is 0.703. The maximum atomic E-state index is 5.24. The van der Waals surface area contributed by atoms with Crippen molar-refractivity contribution in [2.45, 2.75) is 0 Å². The number of pyridine rings is 2. The summed E-state index contributed by atoms with van der Waals surface area (Å²) in [6.45, 7) is 0. The summed E-state index contributed by atoms with van der Waals surface area (Å²) in [5, 5.41) is 3.30. The SMILES string of the molecule is c1ccc(-c2cc(-c3ccc(-c4ccc5ccc6c(-c7ccccc7)c7ccccc7nc6c5n4)cc3)nc(-c3ccccc3)n2)cc1. The van der Waals surface area contributed by atoms with Crippen molar-refractivity contribution in [2.24, 2.45) is 0 Å². The van der Waals surface area contributed by atoms with Crippen molar-refractivity contribution in [3.8, 4) is 56.3 Å². The monoisotopic (exact) mass is 612 g/mol. The Bertz CT molecular complexity index is 2520. The van der Waals surface area contributed by atoms with Gasteiger partial charge in [-0.3, -0.25) is 0 Å². The first-order valence-electron chi connectivity index (χ1n) is 16.1. The highest BCUT2D eigenvalue weighted by Crippen LogP contribution is 2.38. The third-order valence-corrected chi connectivity index (χ3v) is 8.88. The van der Waals surface area contributed by atoms with E-state index in [2.05, 4.69) is 115 Å². The van der Waals surface area contributed by atoms with Crippen molar-refractivity contribution in [3.05, 3.63) is 170 Å². The van der Waals surface area contributed by atoms with Crippen LogP contribution in [-0.2, 0) is 0 Å². The van der Waals surface area contributed by atoms with Crippen LogP contribution < -0.4 is 0 Å². The molecule has 3 aromatic heterocycles. The summed E-state index contributed by atoms with van der Waals surface area (Å²) in [6, 6.07) is 58.5. The van der Waals surface area contributed by atoms with Gasteiger partial charge in [-0.1, -0.05) is 152 Å². The molecule has 0 amide bonds. The van der Waals surface area contributed by atoms with Crippen LogP contribution in [-0.4, -0.2) is 19.9 Å². The summed E-state index contributed by atoms with van der Waals surface area (Å²) in [5.74, 6) is 0.703. The van der Waals surface area contributed by atoms with Crippen molar-refractivity contribution in [1.29, 1.82) is 0 Å². The van der Waals surface area contributed by atoms with Crippen LogP contribution in [0.25, 0.3) is 89.0 Å². The van der Waals surface area contributed by atoms with Crippen molar-refractivity contribution in [2.75, 3.05) is 0 Å². The number of hydrogen-bond donors (Lipinski definition) is 0. The van der Waals surface area contributed by atoms with Gasteiger partial charge in [0, 0.05) is 44.0 Å². The predicted octanol–water partition coefficient (Wildman–Crippen LogP) is 11.1. The Morgan fingerprint density at radius 2 is 0.854 bits per heavy atom. The predicted molar refractivity (Wildman–Crippen MR) is 197 cm³/mol. The number of hydrogen-bond acceptors (Lipinski definition) is 4. The van der Waals surface area contributed by atoms with Crippen LogP contribution >= 0.6 is 0 Å². The second-order valence-electron chi connectivity index (χ2n) is 11.9. The highest BCUT2D eigenvalue weighted by Gasteiger charge is 2.15. The topological polar surface area (TPSA) is 51.6 Å². The van der Waals surface area contributed by atoms with Gasteiger partial charge in [0.2, 0.25) is 0 Å². The fourth-order valence-corrected chi connectivity index (χ4v) is 6.49. The van der Waals surface area contributed by atoms with Gasteiger partial charge in [0.05, 0.1) is 33.6 Å². The van der Waals surface area contributed by atoms with E-state index in [0.717, 1.165) is 72.0 Å². The molecule has 0 saturated heterocycles. The van der Waals surface area contributed by atoms with E-state index in [4.69, 9.17) is 19.9 Å². The Morgan fingerprint density at radius 3 is 1.54 bits per heavy atom.